The highest BCUT2D eigenvalue weighted by atomic mass is 16.1. The predicted molar refractivity (Wildman–Crippen MR) is 47.4 cm³/mol. The van der Waals surface area contributed by atoms with Gasteiger partial charge in [0.25, 0.3) is 0 Å². The smallest absolute Gasteiger partial charge is 0.176 e. The van der Waals surface area contributed by atoms with E-state index in [1.54, 1.807) is 6.08 Å². The number of ketones is 1. The molecule has 0 aromatic heterocycles. The summed E-state index contributed by atoms with van der Waals surface area (Å²) in [6.07, 6.45) is 3.34. The Morgan fingerprint density at radius 1 is 1.17 bits per heavy atom. The Bertz CT molecular complexity index is 355. The first-order chi connectivity index (χ1) is 5.79. The van der Waals surface area contributed by atoms with Crippen molar-refractivity contribution in [2.75, 3.05) is 0 Å². The highest BCUT2D eigenvalue weighted by Gasteiger charge is 2.18. The van der Waals surface area contributed by atoms with Gasteiger partial charge in [-0.05, 0) is 17.2 Å². The lowest BCUT2D eigenvalue weighted by atomic mass is 9.93. The average Bonchev–Trinajstić information content (AvgIpc) is 2.12. The Labute approximate surface area is 70.7 Å². The first-order valence-corrected chi connectivity index (χ1v) is 3.85. The van der Waals surface area contributed by atoms with Gasteiger partial charge in [-0.1, -0.05) is 30.3 Å². The van der Waals surface area contributed by atoms with Gasteiger partial charge in [-0.2, -0.15) is 0 Å². The van der Waals surface area contributed by atoms with Crippen LogP contribution in [0.3, 0.4) is 0 Å². The van der Waals surface area contributed by atoms with Crippen LogP contribution in [-0.2, 0) is 4.79 Å². The van der Waals surface area contributed by atoms with Gasteiger partial charge in [-0.15, -0.1) is 0 Å². The number of fused-ring (bicyclic) bond motifs is 1. The number of hydrogen-bond donors (Lipinski definition) is 1. The molecule has 2 rings (SSSR count). The zero-order valence-electron chi connectivity index (χ0n) is 6.53. The molecule has 0 fully saturated rings. The SMILES string of the molecule is NC1C(=O)C=Cc2ccccc21. The third kappa shape index (κ3) is 0.970. The van der Waals surface area contributed by atoms with Crippen LogP contribution in [-0.4, -0.2) is 5.78 Å². The molecule has 0 aliphatic heterocycles. The summed E-state index contributed by atoms with van der Waals surface area (Å²) < 4.78 is 0. The van der Waals surface area contributed by atoms with Crippen LogP contribution in [0.1, 0.15) is 17.2 Å². The summed E-state index contributed by atoms with van der Waals surface area (Å²) in [7, 11) is 0. The van der Waals surface area contributed by atoms with Gasteiger partial charge in [0, 0.05) is 0 Å². The molecule has 0 bridgehead atoms. The molecule has 1 aromatic rings. The first kappa shape index (κ1) is 7.25. The molecule has 12 heavy (non-hydrogen) atoms. The fraction of sp³-hybridized carbons (Fsp3) is 0.100. The summed E-state index contributed by atoms with van der Waals surface area (Å²) >= 11 is 0. The Kier molecular flexibility index (Phi) is 1.55. The van der Waals surface area contributed by atoms with E-state index in [9.17, 15) is 4.79 Å². The van der Waals surface area contributed by atoms with Crippen molar-refractivity contribution >= 4 is 11.9 Å². The molecule has 0 spiro atoms. The van der Waals surface area contributed by atoms with E-state index < -0.39 is 6.04 Å². The molecule has 0 amide bonds. The van der Waals surface area contributed by atoms with Crippen molar-refractivity contribution in [3.05, 3.63) is 41.5 Å². The Morgan fingerprint density at radius 2 is 1.92 bits per heavy atom. The molecule has 1 atom stereocenters. The summed E-state index contributed by atoms with van der Waals surface area (Å²) in [5, 5.41) is 0. The van der Waals surface area contributed by atoms with Gasteiger partial charge in [-0.25, -0.2) is 0 Å². The summed E-state index contributed by atoms with van der Waals surface area (Å²) in [6.45, 7) is 0. The van der Waals surface area contributed by atoms with Crippen molar-refractivity contribution in [1.82, 2.24) is 0 Å². The van der Waals surface area contributed by atoms with E-state index in [2.05, 4.69) is 0 Å². The van der Waals surface area contributed by atoms with Gasteiger partial charge in [0.1, 0.15) is 0 Å². The maximum Gasteiger partial charge on any atom is 0.176 e. The van der Waals surface area contributed by atoms with Gasteiger partial charge in [0.05, 0.1) is 6.04 Å². The van der Waals surface area contributed by atoms with E-state index in [0.717, 1.165) is 11.1 Å². The second-order valence-corrected chi connectivity index (χ2v) is 2.84. The maximum atomic E-state index is 11.1. The molecule has 0 heterocycles. The molecule has 2 N–H and O–H groups in total. The predicted octanol–water partition coefficient (Wildman–Crippen LogP) is 1.28. The third-order valence-electron chi connectivity index (χ3n) is 2.06. The van der Waals surface area contributed by atoms with Gasteiger partial charge in [-0.3, -0.25) is 4.79 Å². The van der Waals surface area contributed by atoms with Gasteiger partial charge >= 0.3 is 0 Å². The molecule has 0 saturated heterocycles. The summed E-state index contributed by atoms with van der Waals surface area (Å²) in [4.78, 5) is 11.1. The topological polar surface area (TPSA) is 43.1 Å². The van der Waals surface area contributed by atoms with Gasteiger partial charge < -0.3 is 5.73 Å². The molecular weight excluding hydrogens is 150 g/mol. The van der Waals surface area contributed by atoms with Crippen LogP contribution in [0.5, 0.6) is 0 Å². The van der Waals surface area contributed by atoms with Crippen LogP contribution >= 0.6 is 0 Å². The normalized spacial score (nSPS) is 20.8. The lowest BCUT2D eigenvalue weighted by Crippen LogP contribution is -2.22. The standard InChI is InChI=1S/C10H9NO/c11-10-8-4-2-1-3-7(8)5-6-9(10)12/h1-6,10H,11H2. The quantitative estimate of drug-likeness (QED) is 0.619. The van der Waals surface area contributed by atoms with Crippen molar-refractivity contribution in [3.63, 3.8) is 0 Å². The Balaban J connectivity index is 2.59. The van der Waals surface area contributed by atoms with E-state index in [1.165, 1.54) is 6.08 Å². The van der Waals surface area contributed by atoms with Crippen molar-refractivity contribution in [1.29, 1.82) is 0 Å². The second kappa shape index (κ2) is 2.57. The zero-order valence-corrected chi connectivity index (χ0v) is 6.53. The molecule has 1 unspecified atom stereocenters. The number of rotatable bonds is 0. The molecule has 1 aliphatic rings. The summed E-state index contributed by atoms with van der Waals surface area (Å²) in [5.41, 5.74) is 7.66. The molecule has 60 valence electrons. The number of benzene rings is 1. The summed E-state index contributed by atoms with van der Waals surface area (Å²) in [6, 6.07) is 7.21. The molecule has 0 saturated carbocycles. The van der Waals surface area contributed by atoms with Crippen molar-refractivity contribution in [2.45, 2.75) is 6.04 Å². The molecular formula is C10H9NO. The van der Waals surface area contributed by atoms with Crippen LogP contribution < -0.4 is 5.73 Å². The molecule has 1 aromatic carbocycles. The van der Waals surface area contributed by atoms with Gasteiger partial charge in [0.15, 0.2) is 5.78 Å². The lowest BCUT2D eigenvalue weighted by Gasteiger charge is -2.15. The fourth-order valence-corrected chi connectivity index (χ4v) is 1.37. The van der Waals surface area contributed by atoms with E-state index in [0.29, 0.717) is 0 Å². The van der Waals surface area contributed by atoms with Gasteiger partial charge in [0.2, 0.25) is 0 Å². The number of nitrogens with two attached hydrogens (primary N) is 1. The van der Waals surface area contributed by atoms with Crippen LogP contribution in [0, 0.1) is 0 Å². The first-order valence-electron chi connectivity index (χ1n) is 3.85. The largest absolute Gasteiger partial charge is 0.318 e. The van der Waals surface area contributed by atoms with Crippen LogP contribution in [0.25, 0.3) is 6.08 Å². The van der Waals surface area contributed by atoms with Crippen LogP contribution in [0.4, 0.5) is 0 Å². The number of hydrogen-bond acceptors (Lipinski definition) is 2. The monoisotopic (exact) mass is 159 g/mol. The van der Waals surface area contributed by atoms with Crippen molar-refractivity contribution in [2.24, 2.45) is 5.73 Å². The second-order valence-electron chi connectivity index (χ2n) is 2.84. The minimum absolute atomic E-state index is 0.0197. The van der Waals surface area contributed by atoms with E-state index >= 15 is 0 Å². The van der Waals surface area contributed by atoms with Crippen LogP contribution in [0.2, 0.25) is 0 Å². The molecule has 2 heteroatoms. The summed E-state index contributed by atoms with van der Waals surface area (Å²) in [5.74, 6) is -0.0197. The highest BCUT2D eigenvalue weighted by molar-refractivity contribution is 6.01. The lowest BCUT2D eigenvalue weighted by molar-refractivity contribution is -0.115. The van der Waals surface area contributed by atoms with Crippen molar-refractivity contribution < 1.29 is 4.79 Å². The Morgan fingerprint density at radius 3 is 2.75 bits per heavy atom. The van der Waals surface area contributed by atoms with E-state index in [-0.39, 0.29) is 5.78 Å². The number of carbonyl (C=O) groups is 1. The van der Waals surface area contributed by atoms with Crippen LogP contribution in [0.15, 0.2) is 30.3 Å². The van der Waals surface area contributed by atoms with Crippen molar-refractivity contribution in [3.8, 4) is 0 Å². The maximum absolute atomic E-state index is 11.1. The third-order valence-corrected chi connectivity index (χ3v) is 2.06. The minimum atomic E-state index is -0.466. The van der Waals surface area contributed by atoms with E-state index in [4.69, 9.17) is 5.73 Å². The zero-order chi connectivity index (χ0) is 8.55. The number of carbonyl (C=O) groups excluding carboxylic acids is 1. The highest BCUT2D eigenvalue weighted by Crippen LogP contribution is 2.22. The fourth-order valence-electron chi connectivity index (χ4n) is 1.37. The minimum Gasteiger partial charge on any atom is -0.318 e. The Hall–Kier alpha value is -1.41. The molecule has 1 aliphatic carbocycles. The molecule has 2 nitrogen and oxygen atoms in total. The average molecular weight is 159 g/mol. The molecule has 0 radical (unpaired) electrons. The van der Waals surface area contributed by atoms with E-state index in [1.807, 2.05) is 24.3 Å².